The van der Waals surface area contributed by atoms with Gasteiger partial charge in [0, 0.05) is 32.2 Å². The van der Waals surface area contributed by atoms with Crippen molar-refractivity contribution in [3.8, 4) is 0 Å². The molecule has 5 rings (SSSR count). The van der Waals surface area contributed by atoms with Crippen molar-refractivity contribution >= 4 is 17.8 Å². The number of carbonyl (C=O) groups is 2. The highest BCUT2D eigenvalue weighted by molar-refractivity contribution is 6.02. The third kappa shape index (κ3) is 4.07. The maximum atomic E-state index is 13.0. The van der Waals surface area contributed by atoms with Crippen molar-refractivity contribution < 1.29 is 24.2 Å². The Morgan fingerprint density at radius 2 is 1.97 bits per heavy atom. The van der Waals surface area contributed by atoms with Crippen LogP contribution in [0.5, 0.6) is 0 Å². The zero-order chi connectivity index (χ0) is 25.8. The molecule has 11 heteroatoms. The molecule has 2 aromatic rings. The number of nitrogens with zero attached hydrogens (tertiary/aromatic N) is 5. The molecule has 2 amide bonds. The first-order valence-corrected chi connectivity index (χ1v) is 12.6. The minimum absolute atomic E-state index is 0.139. The molecule has 3 fully saturated rings. The number of rotatable bonds is 6. The van der Waals surface area contributed by atoms with Gasteiger partial charge >= 0.3 is 6.09 Å². The summed E-state index contributed by atoms with van der Waals surface area (Å²) in [5.41, 5.74) is 1.31. The Morgan fingerprint density at radius 3 is 2.61 bits per heavy atom. The lowest BCUT2D eigenvalue weighted by Gasteiger charge is -2.38. The van der Waals surface area contributed by atoms with E-state index in [4.69, 9.17) is 14.6 Å². The highest BCUT2D eigenvalue weighted by atomic mass is 16.5. The minimum atomic E-state index is -0.813. The molecule has 0 saturated carbocycles. The van der Waals surface area contributed by atoms with Gasteiger partial charge < -0.3 is 19.9 Å². The van der Waals surface area contributed by atoms with Crippen molar-refractivity contribution in [1.29, 1.82) is 0 Å². The molecule has 2 N–H and O–H groups in total. The van der Waals surface area contributed by atoms with Crippen LogP contribution in [0.1, 0.15) is 80.9 Å². The van der Waals surface area contributed by atoms with Crippen LogP contribution >= 0.6 is 0 Å². The number of aryl methyl sites for hydroxylation is 1. The monoisotopic (exact) mass is 500 g/mol. The van der Waals surface area contributed by atoms with E-state index in [0.29, 0.717) is 30.4 Å². The van der Waals surface area contributed by atoms with E-state index in [-0.39, 0.29) is 35.0 Å². The number of ether oxygens (including phenoxy) is 2. The third-order valence-corrected chi connectivity index (χ3v) is 8.03. The zero-order valence-electron chi connectivity index (χ0n) is 21.7. The summed E-state index contributed by atoms with van der Waals surface area (Å²) in [6.45, 7) is 7.02. The van der Waals surface area contributed by atoms with Gasteiger partial charge in [-0.1, -0.05) is 0 Å². The fourth-order valence-electron chi connectivity index (χ4n) is 6.49. The van der Waals surface area contributed by atoms with E-state index < -0.39 is 6.09 Å². The van der Waals surface area contributed by atoms with Crippen LogP contribution in [0.15, 0.2) is 12.1 Å². The average molecular weight is 501 g/mol. The van der Waals surface area contributed by atoms with E-state index in [9.17, 15) is 14.7 Å². The number of carboxylic acid groups (broad SMARTS) is 1. The summed E-state index contributed by atoms with van der Waals surface area (Å²) in [6, 6.07) is 3.72. The summed E-state index contributed by atoms with van der Waals surface area (Å²) in [5, 5.41) is 21.8. The molecule has 36 heavy (non-hydrogen) atoms. The second kappa shape index (κ2) is 8.88. The van der Waals surface area contributed by atoms with E-state index >= 15 is 0 Å². The summed E-state index contributed by atoms with van der Waals surface area (Å²) in [6.07, 6.45) is 3.37. The summed E-state index contributed by atoms with van der Waals surface area (Å²) in [4.78, 5) is 26.8. The number of fused-ring (bicyclic) bond motifs is 2. The number of nitrogens with one attached hydrogen (secondary N) is 1. The number of amides is 2. The van der Waals surface area contributed by atoms with Crippen LogP contribution in [0.25, 0.3) is 0 Å². The number of methoxy groups -OCH3 is 1. The Morgan fingerprint density at radius 1 is 1.25 bits per heavy atom. The molecule has 3 saturated heterocycles. The van der Waals surface area contributed by atoms with E-state index in [0.717, 1.165) is 37.8 Å². The molecule has 0 aromatic carbocycles. The molecule has 2 atom stereocenters. The molecular formula is C25H36N6O5. The maximum absolute atomic E-state index is 13.0. The molecule has 196 valence electrons. The van der Waals surface area contributed by atoms with Crippen molar-refractivity contribution in [2.45, 2.75) is 82.7 Å². The number of aromatic nitrogens is 4. The summed E-state index contributed by atoms with van der Waals surface area (Å²) >= 11 is 0. The molecule has 2 aromatic heterocycles. The topological polar surface area (TPSA) is 124 Å². The minimum Gasteiger partial charge on any atom is -0.465 e. The molecular weight excluding hydrogens is 464 g/mol. The highest BCUT2D eigenvalue weighted by Crippen LogP contribution is 2.54. The van der Waals surface area contributed by atoms with Crippen molar-refractivity contribution in [3.63, 3.8) is 0 Å². The normalized spacial score (nSPS) is 27.7. The Bertz CT molecular complexity index is 1160. The van der Waals surface area contributed by atoms with Crippen LogP contribution in [-0.2, 0) is 28.7 Å². The zero-order valence-corrected chi connectivity index (χ0v) is 21.7. The molecule has 11 nitrogen and oxygen atoms in total. The molecule has 3 aliphatic heterocycles. The lowest BCUT2D eigenvalue weighted by molar-refractivity contribution is 0.0595. The van der Waals surface area contributed by atoms with Crippen LogP contribution in [0.4, 0.5) is 10.6 Å². The number of hydrogen-bond acceptors (Lipinski definition) is 6. The van der Waals surface area contributed by atoms with Gasteiger partial charge in [0.05, 0.1) is 41.8 Å². The standard InChI is InChI=1S/C25H36N6O5/c1-24(2,3)31-18(12-21(28-31)26-22(32)19-11-16(14-35-5)27-29(19)4)20-10-15(13-36-20)25-8-6-17(7-9-25)30(25)23(33)34/h11-12,15,17,20H,6-10,13-14H2,1-5H3,(H,33,34)(H,26,28,32). The van der Waals surface area contributed by atoms with Gasteiger partial charge in [-0.15, -0.1) is 0 Å². The molecule has 5 heterocycles. The third-order valence-electron chi connectivity index (χ3n) is 8.03. The first kappa shape index (κ1) is 24.8. The average Bonchev–Trinajstić information content (AvgIpc) is 3.60. The van der Waals surface area contributed by atoms with Gasteiger partial charge in [0.1, 0.15) is 5.69 Å². The smallest absolute Gasteiger partial charge is 0.408 e. The van der Waals surface area contributed by atoms with Crippen LogP contribution in [0.3, 0.4) is 0 Å². The van der Waals surface area contributed by atoms with Crippen LogP contribution < -0.4 is 5.32 Å². The Hall–Kier alpha value is -2.92. The predicted octanol–water partition coefficient (Wildman–Crippen LogP) is 3.52. The van der Waals surface area contributed by atoms with E-state index in [1.54, 1.807) is 25.1 Å². The Labute approximate surface area is 210 Å². The van der Waals surface area contributed by atoms with Gasteiger partial charge in [0.25, 0.3) is 5.91 Å². The fraction of sp³-hybridized carbons (Fsp3) is 0.680. The number of hydrogen-bond donors (Lipinski definition) is 2. The van der Waals surface area contributed by atoms with Crippen molar-refractivity contribution in [2.75, 3.05) is 19.0 Å². The van der Waals surface area contributed by atoms with Crippen molar-refractivity contribution in [1.82, 2.24) is 24.5 Å². The molecule has 0 spiro atoms. The van der Waals surface area contributed by atoms with Crippen LogP contribution in [0, 0.1) is 5.92 Å². The molecule has 2 unspecified atom stereocenters. The lowest BCUT2D eigenvalue weighted by Crippen LogP contribution is -2.50. The van der Waals surface area contributed by atoms with Crippen molar-refractivity contribution in [3.05, 3.63) is 29.2 Å². The predicted molar refractivity (Wildman–Crippen MR) is 131 cm³/mol. The SMILES string of the molecule is COCc1cc(C(=O)Nc2cc(C3CC(C45CCC(CC4)N5C(=O)O)CO3)n(C(C)(C)C)n2)n(C)n1. The number of carbonyl (C=O) groups excluding carboxylic acids is 1. The van der Waals surface area contributed by atoms with Gasteiger partial charge in [-0.25, -0.2) is 4.79 Å². The van der Waals surface area contributed by atoms with E-state index in [1.165, 1.54) is 4.68 Å². The summed E-state index contributed by atoms with van der Waals surface area (Å²) in [5.74, 6) is 0.279. The number of anilines is 1. The largest absolute Gasteiger partial charge is 0.465 e. The van der Waals surface area contributed by atoms with Gasteiger partial charge in [-0.05, 0) is 58.9 Å². The molecule has 0 radical (unpaired) electrons. The lowest BCUT2D eigenvalue weighted by atomic mass is 9.76. The first-order chi connectivity index (χ1) is 17.0. The first-order valence-electron chi connectivity index (χ1n) is 12.6. The quantitative estimate of drug-likeness (QED) is 0.622. The van der Waals surface area contributed by atoms with Gasteiger partial charge in [0.15, 0.2) is 5.82 Å². The Balaban J connectivity index is 1.37. The highest BCUT2D eigenvalue weighted by Gasteiger charge is 2.59. The summed E-state index contributed by atoms with van der Waals surface area (Å²) < 4.78 is 14.9. The molecule has 0 aliphatic carbocycles. The fourth-order valence-corrected chi connectivity index (χ4v) is 6.49. The molecule has 3 aliphatic rings. The van der Waals surface area contributed by atoms with Gasteiger partial charge in [-0.3, -0.25) is 19.1 Å². The van der Waals surface area contributed by atoms with E-state index in [1.807, 2.05) is 10.7 Å². The van der Waals surface area contributed by atoms with Crippen molar-refractivity contribution in [2.24, 2.45) is 13.0 Å². The Kier molecular flexibility index (Phi) is 6.11. The van der Waals surface area contributed by atoms with Gasteiger partial charge in [0.2, 0.25) is 0 Å². The van der Waals surface area contributed by atoms with Crippen LogP contribution in [-0.4, -0.2) is 66.9 Å². The summed E-state index contributed by atoms with van der Waals surface area (Å²) in [7, 11) is 3.30. The maximum Gasteiger partial charge on any atom is 0.408 e. The molecule has 2 bridgehead atoms. The second-order valence-electron chi connectivity index (χ2n) is 11.3. The van der Waals surface area contributed by atoms with Crippen LogP contribution in [0.2, 0.25) is 0 Å². The van der Waals surface area contributed by atoms with Gasteiger partial charge in [-0.2, -0.15) is 10.2 Å². The van der Waals surface area contributed by atoms with E-state index in [2.05, 4.69) is 31.2 Å². The second-order valence-corrected chi connectivity index (χ2v) is 11.3.